The van der Waals surface area contributed by atoms with Gasteiger partial charge in [0.05, 0.1) is 22.3 Å². The van der Waals surface area contributed by atoms with Crippen LogP contribution in [0.15, 0.2) is 29.6 Å². The van der Waals surface area contributed by atoms with Gasteiger partial charge in [0.15, 0.2) is 0 Å². The summed E-state index contributed by atoms with van der Waals surface area (Å²) in [5.74, 6) is 5.74. The molecule has 6 heteroatoms. The van der Waals surface area contributed by atoms with Gasteiger partial charge in [-0.15, -0.1) is 11.3 Å². The van der Waals surface area contributed by atoms with Crippen molar-refractivity contribution in [3.05, 3.63) is 46.0 Å². The quantitative estimate of drug-likeness (QED) is 0.569. The number of para-hydroxylation sites is 1. The molecule has 0 bridgehead atoms. The Hall–Kier alpha value is -1.76. The van der Waals surface area contributed by atoms with Gasteiger partial charge in [-0.25, -0.2) is 4.98 Å². The van der Waals surface area contributed by atoms with Gasteiger partial charge in [-0.2, -0.15) is 5.10 Å². The molecule has 5 nitrogen and oxygen atoms in total. The first-order valence-electron chi connectivity index (χ1n) is 6.48. The predicted octanol–water partition coefficient (Wildman–Crippen LogP) is 2.09. The van der Waals surface area contributed by atoms with Gasteiger partial charge < -0.3 is 0 Å². The Morgan fingerprint density at radius 1 is 1.40 bits per heavy atom. The van der Waals surface area contributed by atoms with Crippen LogP contribution < -0.4 is 11.3 Å². The first-order chi connectivity index (χ1) is 9.69. The number of hydrazine groups is 1. The Kier molecular flexibility index (Phi) is 3.52. The first kappa shape index (κ1) is 13.2. The zero-order valence-electron chi connectivity index (χ0n) is 11.5. The van der Waals surface area contributed by atoms with E-state index in [4.69, 9.17) is 5.84 Å². The van der Waals surface area contributed by atoms with Crippen molar-refractivity contribution in [2.24, 2.45) is 12.9 Å². The topological polar surface area (TPSA) is 68.8 Å². The average Bonchev–Trinajstić information content (AvgIpc) is 3.01. The molecule has 0 radical (unpaired) electrons. The normalized spacial score (nSPS) is 12.9. The lowest BCUT2D eigenvalue weighted by Crippen LogP contribution is -2.30. The highest BCUT2D eigenvalue weighted by Crippen LogP contribution is 2.26. The number of nitrogens with one attached hydrogen (secondary N) is 1. The monoisotopic (exact) mass is 287 g/mol. The molecule has 1 unspecified atom stereocenters. The summed E-state index contributed by atoms with van der Waals surface area (Å²) < 4.78 is 1.89. The maximum absolute atomic E-state index is 5.74. The molecular formula is C14H17N5S. The summed E-state index contributed by atoms with van der Waals surface area (Å²) in [6.45, 7) is 2.00. The molecule has 2 heterocycles. The number of fused-ring (bicyclic) bond motifs is 1. The summed E-state index contributed by atoms with van der Waals surface area (Å²) in [7, 11) is 1.95. The minimum atomic E-state index is -0.0355. The van der Waals surface area contributed by atoms with Crippen molar-refractivity contribution in [2.75, 3.05) is 0 Å². The molecule has 0 aliphatic carbocycles. The number of nitrogens with zero attached hydrogens (tertiary/aromatic N) is 3. The van der Waals surface area contributed by atoms with Gasteiger partial charge in [-0.05, 0) is 13.0 Å². The molecule has 3 N–H and O–H groups in total. The highest BCUT2D eigenvalue weighted by Gasteiger charge is 2.19. The third kappa shape index (κ3) is 2.33. The molecule has 2 aromatic heterocycles. The molecule has 104 valence electrons. The van der Waals surface area contributed by atoms with Crippen LogP contribution in [0.4, 0.5) is 0 Å². The number of rotatable bonds is 4. The number of nitrogens with two attached hydrogens (primary N) is 1. The third-order valence-electron chi connectivity index (χ3n) is 3.36. The minimum absolute atomic E-state index is 0.0355. The molecule has 0 fully saturated rings. The Bertz CT molecular complexity index is 730. The highest BCUT2D eigenvalue weighted by molar-refractivity contribution is 7.09. The molecule has 1 atom stereocenters. The lowest BCUT2D eigenvalue weighted by atomic mass is 10.1. The molecule has 20 heavy (non-hydrogen) atoms. The van der Waals surface area contributed by atoms with Crippen molar-refractivity contribution in [2.45, 2.75) is 19.4 Å². The Balaban J connectivity index is 1.99. The van der Waals surface area contributed by atoms with Gasteiger partial charge in [0, 0.05) is 29.9 Å². The summed E-state index contributed by atoms with van der Waals surface area (Å²) in [5.41, 5.74) is 6.00. The van der Waals surface area contributed by atoms with E-state index in [1.54, 1.807) is 11.3 Å². The minimum Gasteiger partial charge on any atom is -0.271 e. The van der Waals surface area contributed by atoms with Crippen molar-refractivity contribution < 1.29 is 0 Å². The van der Waals surface area contributed by atoms with Crippen LogP contribution in [0.3, 0.4) is 0 Å². The zero-order valence-corrected chi connectivity index (χ0v) is 12.3. The maximum atomic E-state index is 5.74. The van der Waals surface area contributed by atoms with Crippen LogP contribution in [0, 0.1) is 6.92 Å². The number of hydrogen-bond donors (Lipinski definition) is 2. The molecule has 0 aliphatic heterocycles. The maximum Gasteiger partial charge on any atom is 0.0948 e. The van der Waals surface area contributed by atoms with Crippen LogP contribution in [0.2, 0.25) is 0 Å². The van der Waals surface area contributed by atoms with E-state index < -0.39 is 0 Å². The van der Waals surface area contributed by atoms with Crippen molar-refractivity contribution >= 4 is 22.2 Å². The molecule has 0 saturated carbocycles. The standard InChI is InChI=1S/C14H17N5S/c1-9-8-20-13(16-9)7-11(17-15)14-10-5-3-4-6-12(10)19(2)18-14/h3-6,8,11,17H,7,15H2,1-2H3. The largest absolute Gasteiger partial charge is 0.271 e. The molecular weight excluding hydrogens is 270 g/mol. The van der Waals surface area contributed by atoms with E-state index in [2.05, 4.69) is 33.0 Å². The van der Waals surface area contributed by atoms with Crippen LogP contribution in [-0.2, 0) is 13.5 Å². The number of aromatic nitrogens is 3. The highest BCUT2D eigenvalue weighted by atomic mass is 32.1. The summed E-state index contributed by atoms with van der Waals surface area (Å²) in [4.78, 5) is 4.50. The fraction of sp³-hybridized carbons (Fsp3) is 0.286. The van der Waals surface area contributed by atoms with E-state index >= 15 is 0 Å². The Morgan fingerprint density at radius 3 is 2.90 bits per heavy atom. The number of benzene rings is 1. The van der Waals surface area contributed by atoms with Crippen LogP contribution in [0.5, 0.6) is 0 Å². The fourth-order valence-electron chi connectivity index (χ4n) is 2.40. The van der Waals surface area contributed by atoms with Gasteiger partial charge in [-0.1, -0.05) is 18.2 Å². The van der Waals surface area contributed by atoms with Crippen molar-refractivity contribution in [1.29, 1.82) is 0 Å². The predicted molar refractivity (Wildman–Crippen MR) is 81.3 cm³/mol. The number of thiazole rings is 1. The van der Waals surface area contributed by atoms with Crippen molar-refractivity contribution in [3.8, 4) is 0 Å². The van der Waals surface area contributed by atoms with Crippen LogP contribution >= 0.6 is 11.3 Å². The average molecular weight is 287 g/mol. The lowest BCUT2D eigenvalue weighted by Gasteiger charge is -2.12. The van der Waals surface area contributed by atoms with Crippen molar-refractivity contribution in [3.63, 3.8) is 0 Å². The van der Waals surface area contributed by atoms with Gasteiger partial charge in [-0.3, -0.25) is 16.0 Å². The van der Waals surface area contributed by atoms with Crippen LogP contribution in [0.25, 0.3) is 10.9 Å². The van der Waals surface area contributed by atoms with E-state index in [1.165, 1.54) is 0 Å². The van der Waals surface area contributed by atoms with E-state index in [0.717, 1.165) is 33.7 Å². The second-order valence-corrected chi connectivity index (χ2v) is 5.77. The van der Waals surface area contributed by atoms with Gasteiger partial charge in [0.1, 0.15) is 0 Å². The molecule has 1 aromatic carbocycles. The first-order valence-corrected chi connectivity index (χ1v) is 7.35. The number of aryl methyl sites for hydroxylation is 2. The van der Waals surface area contributed by atoms with Gasteiger partial charge in [0.25, 0.3) is 0 Å². The second-order valence-electron chi connectivity index (χ2n) is 4.83. The van der Waals surface area contributed by atoms with Crippen LogP contribution in [-0.4, -0.2) is 14.8 Å². The number of hydrogen-bond acceptors (Lipinski definition) is 5. The molecule has 0 aliphatic rings. The Morgan fingerprint density at radius 2 is 2.20 bits per heavy atom. The second kappa shape index (κ2) is 5.32. The lowest BCUT2D eigenvalue weighted by molar-refractivity contribution is 0.531. The van der Waals surface area contributed by atoms with Crippen molar-refractivity contribution in [1.82, 2.24) is 20.2 Å². The van der Waals surface area contributed by atoms with E-state index in [0.29, 0.717) is 0 Å². The van der Waals surface area contributed by atoms with E-state index in [-0.39, 0.29) is 6.04 Å². The smallest absolute Gasteiger partial charge is 0.0948 e. The van der Waals surface area contributed by atoms with E-state index in [1.807, 2.05) is 30.8 Å². The SMILES string of the molecule is Cc1csc(CC(NN)c2nn(C)c3ccccc23)n1. The molecule has 3 aromatic rings. The zero-order chi connectivity index (χ0) is 14.1. The molecule has 0 spiro atoms. The summed E-state index contributed by atoms with van der Waals surface area (Å²) in [6.07, 6.45) is 0.746. The molecule has 3 rings (SSSR count). The fourth-order valence-corrected chi connectivity index (χ4v) is 3.22. The summed E-state index contributed by atoms with van der Waals surface area (Å²) in [6, 6.07) is 8.14. The van der Waals surface area contributed by atoms with Gasteiger partial charge >= 0.3 is 0 Å². The summed E-state index contributed by atoms with van der Waals surface area (Å²) in [5, 5.41) is 8.87. The third-order valence-corrected chi connectivity index (χ3v) is 4.35. The Labute approximate surface area is 121 Å². The summed E-state index contributed by atoms with van der Waals surface area (Å²) >= 11 is 1.66. The van der Waals surface area contributed by atoms with E-state index in [9.17, 15) is 0 Å². The van der Waals surface area contributed by atoms with Gasteiger partial charge in [0.2, 0.25) is 0 Å². The molecule has 0 saturated heterocycles. The molecule has 0 amide bonds. The van der Waals surface area contributed by atoms with Crippen LogP contribution in [0.1, 0.15) is 22.4 Å².